The monoisotopic (exact) mass is 272 g/mol. The van der Waals surface area contributed by atoms with E-state index in [-0.39, 0.29) is 23.9 Å². The van der Waals surface area contributed by atoms with Crippen LogP contribution in [0.25, 0.3) is 0 Å². The Morgan fingerprint density at radius 3 is 2.72 bits per heavy atom. The van der Waals surface area contributed by atoms with Crippen molar-refractivity contribution in [3.63, 3.8) is 0 Å². The topological polar surface area (TPSA) is 62.5 Å². The third kappa shape index (κ3) is 4.27. The summed E-state index contributed by atoms with van der Waals surface area (Å²) in [7, 11) is 1.74. The summed E-state index contributed by atoms with van der Waals surface area (Å²) < 4.78 is 1.50. The number of aliphatic hydroxyl groups is 1. The number of likely N-dealkylation sites (N-methyl/N-ethyl adjacent to an activating group) is 1. The Labute approximate surface area is 111 Å². The lowest BCUT2D eigenvalue weighted by Crippen LogP contribution is -2.33. The molecule has 0 aliphatic carbocycles. The van der Waals surface area contributed by atoms with Crippen molar-refractivity contribution < 1.29 is 9.90 Å². The van der Waals surface area contributed by atoms with E-state index < -0.39 is 0 Å². The van der Waals surface area contributed by atoms with Crippen molar-refractivity contribution in [3.8, 4) is 0 Å². The molecule has 102 valence electrons. The molecule has 0 radical (unpaired) electrons. The Morgan fingerprint density at radius 1 is 1.44 bits per heavy atom. The summed E-state index contributed by atoms with van der Waals surface area (Å²) in [5.41, 5.74) is 0.826. The lowest BCUT2D eigenvalue weighted by molar-refractivity contribution is -0.130. The van der Waals surface area contributed by atoms with Gasteiger partial charge in [-0.25, -0.2) is 0 Å². The summed E-state index contributed by atoms with van der Waals surface area (Å²) >= 11 is 1.12. The molecule has 1 aromatic rings. The zero-order valence-electron chi connectivity index (χ0n) is 10.9. The summed E-state index contributed by atoms with van der Waals surface area (Å²) in [5.74, 6) is -0.0531. The first-order chi connectivity index (χ1) is 8.56. The highest BCUT2D eigenvalue weighted by Gasteiger charge is 2.12. The molecular formula is C12H20N2O3S. The molecule has 0 saturated carbocycles. The van der Waals surface area contributed by atoms with Crippen molar-refractivity contribution in [3.05, 3.63) is 20.7 Å². The highest BCUT2D eigenvalue weighted by atomic mass is 32.1. The fourth-order valence-electron chi connectivity index (χ4n) is 1.61. The molecule has 0 aliphatic heterocycles. The smallest absolute Gasteiger partial charge is 0.307 e. The van der Waals surface area contributed by atoms with Gasteiger partial charge in [0.2, 0.25) is 5.91 Å². The number of thiazole rings is 1. The normalized spacial score (nSPS) is 10.6. The maximum absolute atomic E-state index is 11.9. The van der Waals surface area contributed by atoms with Crippen molar-refractivity contribution in [1.82, 2.24) is 9.47 Å². The summed E-state index contributed by atoms with van der Waals surface area (Å²) in [5, 5.41) is 10.4. The number of unbranched alkanes of at least 4 members (excludes halogenated alkanes) is 2. The molecule has 0 saturated heterocycles. The summed E-state index contributed by atoms with van der Waals surface area (Å²) in [4.78, 5) is 24.9. The van der Waals surface area contributed by atoms with E-state index in [1.807, 2.05) is 6.92 Å². The van der Waals surface area contributed by atoms with Crippen molar-refractivity contribution in [2.75, 3.05) is 20.2 Å². The molecule has 0 unspecified atom stereocenters. The first-order valence-electron chi connectivity index (χ1n) is 6.06. The van der Waals surface area contributed by atoms with Crippen LogP contribution in [0.15, 0.2) is 10.2 Å². The number of aliphatic hydroxyl groups excluding tert-OH is 1. The van der Waals surface area contributed by atoms with E-state index in [2.05, 4.69) is 0 Å². The molecule has 5 nitrogen and oxygen atoms in total. The van der Waals surface area contributed by atoms with Crippen LogP contribution >= 0.6 is 11.3 Å². The van der Waals surface area contributed by atoms with Gasteiger partial charge in [0.1, 0.15) is 6.54 Å². The molecule has 6 heteroatoms. The average Bonchev–Trinajstić information content (AvgIpc) is 2.66. The molecule has 0 bridgehead atoms. The molecule has 18 heavy (non-hydrogen) atoms. The first kappa shape index (κ1) is 14.9. The minimum atomic E-state index is -0.0884. The third-order valence-electron chi connectivity index (χ3n) is 2.85. The van der Waals surface area contributed by atoms with Gasteiger partial charge >= 0.3 is 4.87 Å². The number of hydrogen-bond acceptors (Lipinski definition) is 4. The van der Waals surface area contributed by atoms with Gasteiger partial charge in [-0.05, 0) is 26.2 Å². The molecule has 0 spiro atoms. The Morgan fingerprint density at radius 2 is 2.17 bits per heavy atom. The van der Waals surface area contributed by atoms with Crippen molar-refractivity contribution in [2.45, 2.75) is 32.7 Å². The minimum Gasteiger partial charge on any atom is -0.396 e. The van der Waals surface area contributed by atoms with E-state index in [0.29, 0.717) is 6.54 Å². The van der Waals surface area contributed by atoms with E-state index in [9.17, 15) is 9.59 Å². The zero-order chi connectivity index (χ0) is 13.5. The van der Waals surface area contributed by atoms with Crippen LogP contribution in [0.2, 0.25) is 0 Å². The highest BCUT2D eigenvalue weighted by molar-refractivity contribution is 7.07. The van der Waals surface area contributed by atoms with Crippen LogP contribution in [-0.2, 0) is 11.3 Å². The predicted octanol–water partition coefficient (Wildman–Crippen LogP) is 0.839. The number of nitrogens with zero attached hydrogens (tertiary/aromatic N) is 2. The predicted molar refractivity (Wildman–Crippen MR) is 71.9 cm³/mol. The van der Waals surface area contributed by atoms with Crippen molar-refractivity contribution in [1.29, 1.82) is 0 Å². The van der Waals surface area contributed by atoms with Gasteiger partial charge in [-0.15, -0.1) is 0 Å². The largest absolute Gasteiger partial charge is 0.396 e. The molecule has 0 aliphatic rings. The molecule has 1 amide bonds. The fraction of sp³-hybridized carbons (Fsp3) is 0.667. The average molecular weight is 272 g/mol. The standard InChI is InChI=1S/C12H20N2O3S/c1-10-9-18-12(17)14(10)8-11(16)13(2)6-4-3-5-7-15/h9,15H,3-8H2,1-2H3. The summed E-state index contributed by atoms with van der Waals surface area (Å²) in [6.07, 6.45) is 2.55. The molecular weight excluding hydrogens is 252 g/mol. The van der Waals surface area contributed by atoms with Crippen LogP contribution in [0.5, 0.6) is 0 Å². The van der Waals surface area contributed by atoms with Gasteiger partial charge in [-0.2, -0.15) is 0 Å². The zero-order valence-corrected chi connectivity index (χ0v) is 11.7. The minimum absolute atomic E-state index is 0.0531. The van der Waals surface area contributed by atoms with Crippen molar-refractivity contribution in [2.24, 2.45) is 0 Å². The van der Waals surface area contributed by atoms with Crippen LogP contribution in [0.1, 0.15) is 25.0 Å². The maximum Gasteiger partial charge on any atom is 0.307 e. The number of aryl methyl sites for hydroxylation is 1. The fourth-order valence-corrected chi connectivity index (χ4v) is 2.35. The Hall–Kier alpha value is -1.14. The van der Waals surface area contributed by atoms with Gasteiger partial charge in [0.05, 0.1) is 0 Å². The molecule has 1 N–H and O–H groups in total. The van der Waals surface area contributed by atoms with Gasteiger partial charge in [-0.1, -0.05) is 11.3 Å². The lowest BCUT2D eigenvalue weighted by atomic mass is 10.2. The van der Waals surface area contributed by atoms with Gasteiger partial charge in [0.15, 0.2) is 0 Å². The highest BCUT2D eigenvalue weighted by Crippen LogP contribution is 2.02. The number of hydrogen-bond donors (Lipinski definition) is 1. The molecule has 1 aromatic heterocycles. The maximum atomic E-state index is 11.9. The van der Waals surface area contributed by atoms with E-state index in [0.717, 1.165) is 36.3 Å². The van der Waals surface area contributed by atoms with Crippen LogP contribution in [0.4, 0.5) is 0 Å². The number of rotatable bonds is 7. The van der Waals surface area contributed by atoms with Gasteiger partial charge in [0, 0.05) is 31.3 Å². The summed E-state index contributed by atoms with van der Waals surface area (Å²) in [6, 6.07) is 0. The second-order valence-electron chi connectivity index (χ2n) is 4.33. The van der Waals surface area contributed by atoms with Crippen LogP contribution in [0.3, 0.4) is 0 Å². The lowest BCUT2D eigenvalue weighted by Gasteiger charge is -2.17. The molecule has 1 rings (SSSR count). The molecule has 1 heterocycles. The molecule has 0 atom stereocenters. The Bertz CT molecular complexity index is 439. The SMILES string of the molecule is Cc1csc(=O)n1CC(=O)N(C)CCCCCO. The number of carbonyl (C=O) groups is 1. The quantitative estimate of drug-likeness (QED) is 0.748. The summed E-state index contributed by atoms with van der Waals surface area (Å²) in [6.45, 7) is 2.80. The molecule has 0 aromatic carbocycles. The van der Waals surface area contributed by atoms with Gasteiger partial charge in [-0.3, -0.25) is 14.2 Å². The number of carbonyl (C=O) groups excluding carboxylic acids is 1. The first-order valence-corrected chi connectivity index (χ1v) is 6.94. The number of aromatic nitrogens is 1. The van der Waals surface area contributed by atoms with Crippen LogP contribution < -0.4 is 4.87 Å². The van der Waals surface area contributed by atoms with Gasteiger partial charge in [0.25, 0.3) is 0 Å². The number of amides is 1. The Kier molecular flexibility index (Phi) is 6.07. The van der Waals surface area contributed by atoms with E-state index in [4.69, 9.17) is 5.11 Å². The van der Waals surface area contributed by atoms with Crippen LogP contribution in [0, 0.1) is 6.92 Å². The second kappa shape index (κ2) is 7.33. The Balaban J connectivity index is 2.43. The van der Waals surface area contributed by atoms with Crippen LogP contribution in [-0.4, -0.2) is 40.7 Å². The van der Waals surface area contributed by atoms with E-state index >= 15 is 0 Å². The second-order valence-corrected chi connectivity index (χ2v) is 5.15. The van der Waals surface area contributed by atoms with Gasteiger partial charge < -0.3 is 10.0 Å². The van der Waals surface area contributed by atoms with Crippen molar-refractivity contribution >= 4 is 17.2 Å². The molecule has 0 fully saturated rings. The third-order valence-corrected chi connectivity index (χ3v) is 3.73. The van der Waals surface area contributed by atoms with E-state index in [1.54, 1.807) is 17.3 Å². The van der Waals surface area contributed by atoms with E-state index in [1.165, 1.54) is 4.57 Å².